The van der Waals surface area contributed by atoms with Crippen molar-refractivity contribution in [3.8, 4) is 0 Å². The predicted octanol–water partition coefficient (Wildman–Crippen LogP) is 1.58. The Balaban J connectivity index is 2.64. The molecule has 0 aliphatic carbocycles. The maximum atomic E-state index is 12.0. The van der Waals surface area contributed by atoms with Crippen molar-refractivity contribution in [3.63, 3.8) is 0 Å². The first-order chi connectivity index (χ1) is 8.58. The highest BCUT2D eigenvalue weighted by atomic mass is 35.7. The molecule has 112 valence electrons. The van der Waals surface area contributed by atoms with Crippen LogP contribution in [0.3, 0.4) is 0 Å². The van der Waals surface area contributed by atoms with Crippen LogP contribution in [0.5, 0.6) is 0 Å². The van der Waals surface area contributed by atoms with Gasteiger partial charge in [0, 0.05) is 17.2 Å². The zero-order chi connectivity index (χ0) is 14.7. The third-order valence-corrected chi connectivity index (χ3v) is 3.74. The normalized spacial score (nSPS) is 21.3. The second kappa shape index (κ2) is 6.28. The molecule has 1 rings (SSSR count). The highest BCUT2D eigenvalue weighted by molar-refractivity contribution is 8.13. The molecule has 1 atom stereocenters. The van der Waals surface area contributed by atoms with Crippen molar-refractivity contribution in [1.82, 2.24) is 4.90 Å². The van der Waals surface area contributed by atoms with Crippen LogP contribution in [0.25, 0.3) is 0 Å². The lowest BCUT2D eigenvalue weighted by atomic mass is 10.2. The van der Waals surface area contributed by atoms with Crippen LogP contribution < -0.4 is 0 Å². The van der Waals surface area contributed by atoms with Crippen LogP contribution in [0.15, 0.2) is 0 Å². The number of amides is 1. The maximum Gasteiger partial charge on any atom is 0.410 e. The number of morpholine rings is 1. The predicted molar refractivity (Wildman–Crippen MR) is 71.8 cm³/mol. The molecule has 1 saturated heterocycles. The number of rotatable bonds is 3. The Kier molecular flexibility index (Phi) is 5.46. The van der Waals surface area contributed by atoms with E-state index in [1.54, 1.807) is 20.8 Å². The summed E-state index contributed by atoms with van der Waals surface area (Å²) in [5.74, 6) is -0.193. The Labute approximate surface area is 118 Å². The Morgan fingerprint density at radius 2 is 2.11 bits per heavy atom. The van der Waals surface area contributed by atoms with Crippen LogP contribution in [0, 0.1) is 0 Å². The lowest BCUT2D eigenvalue weighted by Crippen LogP contribution is -2.50. The van der Waals surface area contributed by atoms with E-state index in [0.717, 1.165) is 0 Å². The molecule has 0 aromatic carbocycles. The van der Waals surface area contributed by atoms with E-state index in [4.69, 9.17) is 20.2 Å². The fraction of sp³-hybridized carbons (Fsp3) is 0.909. The van der Waals surface area contributed by atoms with E-state index in [-0.39, 0.29) is 18.2 Å². The first kappa shape index (κ1) is 16.5. The van der Waals surface area contributed by atoms with Gasteiger partial charge >= 0.3 is 6.09 Å². The minimum Gasteiger partial charge on any atom is -0.444 e. The second-order valence-corrected chi connectivity index (χ2v) is 8.33. The quantitative estimate of drug-likeness (QED) is 0.740. The van der Waals surface area contributed by atoms with Crippen LogP contribution in [0.4, 0.5) is 4.79 Å². The molecule has 0 bridgehead atoms. The Morgan fingerprint density at radius 1 is 1.47 bits per heavy atom. The Morgan fingerprint density at radius 3 is 2.63 bits per heavy atom. The average molecular weight is 314 g/mol. The van der Waals surface area contributed by atoms with Crippen molar-refractivity contribution < 1.29 is 22.7 Å². The highest BCUT2D eigenvalue weighted by Crippen LogP contribution is 2.17. The van der Waals surface area contributed by atoms with Gasteiger partial charge in [0.05, 0.1) is 25.0 Å². The van der Waals surface area contributed by atoms with Crippen molar-refractivity contribution in [2.24, 2.45) is 0 Å². The molecule has 6 nitrogen and oxygen atoms in total. The molecule has 1 heterocycles. The first-order valence-electron chi connectivity index (χ1n) is 6.08. The average Bonchev–Trinajstić information content (AvgIpc) is 2.23. The first-order valence-corrected chi connectivity index (χ1v) is 8.56. The number of hydrogen-bond acceptors (Lipinski definition) is 5. The van der Waals surface area contributed by atoms with Crippen molar-refractivity contribution >= 4 is 25.8 Å². The zero-order valence-electron chi connectivity index (χ0n) is 11.4. The van der Waals surface area contributed by atoms with Gasteiger partial charge in [0.2, 0.25) is 9.05 Å². The molecular weight excluding hydrogens is 294 g/mol. The van der Waals surface area contributed by atoms with E-state index in [1.807, 2.05) is 0 Å². The van der Waals surface area contributed by atoms with Crippen molar-refractivity contribution in [3.05, 3.63) is 0 Å². The lowest BCUT2D eigenvalue weighted by Gasteiger charge is -2.36. The van der Waals surface area contributed by atoms with E-state index < -0.39 is 20.7 Å². The second-order valence-electron chi connectivity index (χ2n) is 5.43. The molecule has 1 amide bonds. The molecule has 1 unspecified atom stereocenters. The molecule has 0 saturated carbocycles. The fourth-order valence-electron chi connectivity index (χ4n) is 1.73. The summed E-state index contributed by atoms with van der Waals surface area (Å²) < 4.78 is 32.5. The molecule has 0 N–H and O–H groups in total. The molecule has 0 aromatic heterocycles. The fourth-order valence-corrected chi connectivity index (χ4v) is 2.55. The molecule has 0 aromatic rings. The number of carbonyl (C=O) groups excluding carboxylic acids is 1. The van der Waals surface area contributed by atoms with E-state index in [2.05, 4.69) is 0 Å². The monoisotopic (exact) mass is 313 g/mol. The smallest absolute Gasteiger partial charge is 0.410 e. The molecule has 1 aliphatic heterocycles. The summed E-state index contributed by atoms with van der Waals surface area (Å²) in [6, 6.07) is -0.322. The van der Waals surface area contributed by atoms with Gasteiger partial charge in [-0.3, -0.25) is 0 Å². The summed E-state index contributed by atoms with van der Waals surface area (Å²) in [6.07, 6.45) is -0.210. The molecule has 1 fully saturated rings. The molecular formula is C11H20ClNO5S. The van der Waals surface area contributed by atoms with Crippen LogP contribution in [-0.4, -0.2) is 56.6 Å². The number of ether oxygens (including phenoxy) is 2. The van der Waals surface area contributed by atoms with Crippen LogP contribution in [0.1, 0.15) is 27.2 Å². The summed E-state index contributed by atoms with van der Waals surface area (Å²) in [6.45, 7) is 6.45. The van der Waals surface area contributed by atoms with Crippen molar-refractivity contribution in [1.29, 1.82) is 0 Å². The third-order valence-electron chi connectivity index (χ3n) is 2.55. The van der Waals surface area contributed by atoms with E-state index >= 15 is 0 Å². The highest BCUT2D eigenvalue weighted by Gasteiger charge is 2.31. The van der Waals surface area contributed by atoms with E-state index in [1.165, 1.54) is 4.90 Å². The van der Waals surface area contributed by atoms with Gasteiger partial charge in [-0.15, -0.1) is 0 Å². The summed E-state index contributed by atoms with van der Waals surface area (Å²) in [5, 5.41) is 0. The number of halogens is 1. The molecule has 1 aliphatic rings. The Bertz CT molecular complexity index is 417. The minimum atomic E-state index is -3.57. The topological polar surface area (TPSA) is 72.9 Å². The summed E-state index contributed by atoms with van der Waals surface area (Å²) in [5.41, 5.74) is -0.585. The summed E-state index contributed by atoms with van der Waals surface area (Å²) in [4.78, 5) is 13.5. The van der Waals surface area contributed by atoms with Gasteiger partial charge in [-0.05, 0) is 27.2 Å². The largest absolute Gasteiger partial charge is 0.444 e. The van der Waals surface area contributed by atoms with Gasteiger partial charge in [-0.1, -0.05) is 0 Å². The maximum absolute atomic E-state index is 12.0. The van der Waals surface area contributed by atoms with Crippen LogP contribution >= 0.6 is 10.7 Å². The van der Waals surface area contributed by atoms with Gasteiger partial charge in [0.25, 0.3) is 0 Å². The van der Waals surface area contributed by atoms with E-state index in [9.17, 15) is 13.2 Å². The zero-order valence-corrected chi connectivity index (χ0v) is 13.0. The third kappa shape index (κ3) is 6.44. The molecule has 0 radical (unpaired) electrons. The van der Waals surface area contributed by atoms with Crippen molar-refractivity contribution in [2.45, 2.75) is 38.8 Å². The van der Waals surface area contributed by atoms with Gasteiger partial charge in [0.1, 0.15) is 5.60 Å². The minimum absolute atomic E-state index is 0.193. The van der Waals surface area contributed by atoms with Gasteiger partial charge in [0.15, 0.2) is 0 Å². The van der Waals surface area contributed by atoms with Crippen LogP contribution in [-0.2, 0) is 18.5 Å². The lowest BCUT2D eigenvalue weighted by molar-refractivity contribution is -0.0326. The number of carbonyl (C=O) groups is 1. The number of nitrogens with zero attached hydrogens (tertiary/aromatic N) is 1. The summed E-state index contributed by atoms with van der Waals surface area (Å²) >= 11 is 0. The van der Waals surface area contributed by atoms with Gasteiger partial charge in [-0.2, -0.15) is 0 Å². The summed E-state index contributed by atoms with van der Waals surface area (Å²) in [7, 11) is 1.61. The van der Waals surface area contributed by atoms with Crippen molar-refractivity contribution in [2.75, 3.05) is 25.5 Å². The molecule has 19 heavy (non-hydrogen) atoms. The molecule has 8 heteroatoms. The number of hydrogen-bond donors (Lipinski definition) is 0. The standard InChI is InChI=1S/C11H20ClNO5S/c1-11(2,3)18-10(14)13-5-6-17-8-9(13)4-7-19(12,15)16/h9H,4-8H2,1-3H3. The Hall–Kier alpha value is -0.530. The SMILES string of the molecule is CC(C)(C)OC(=O)N1CCOCC1CCS(=O)(=O)Cl. The van der Waals surface area contributed by atoms with Crippen LogP contribution in [0.2, 0.25) is 0 Å². The van der Waals surface area contributed by atoms with Gasteiger partial charge < -0.3 is 14.4 Å². The molecule has 0 spiro atoms. The van der Waals surface area contributed by atoms with E-state index in [0.29, 0.717) is 19.8 Å². The van der Waals surface area contributed by atoms with Gasteiger partial charge in [-0.25, -0.2) is 13.2 Å².